The molecule has 0 unspecified atom stereocenters. The molecule has 0 bridgehead atoms. The van der Waals surface area contributed by atoms with Crippen molar-refractivity contribution in [2.24, 2.45) is 0 Å². The van der Waals surface area contributed by atoms with Gasteiger partial charge in [0.1, 0.15) is 10.6 Å². The van der Waals surface area contributed by atoms with Crippen molar-refractivity contribution in [3.63, 3.8) is 0 Å². The smallest absolute Gasteiger partial charge is 0.267 e. The number of thiophene rings is 1. The van der Waals surface area contributed by atoms with E-state index in [1.807, 2.05) is 35.8 Å². The molecule has 0 N–H and O–H groups in total. The van der Waals surface area contributed by atoms with Gasteiger partial charge in [0.2, 0.25) is 0 Å². The zero-order valence-corrected chi connectivity index (χ0v) is 24.8. The summed E-state index contributed by atoms with van der Waals surface area (Å²) in [5, 5.41) is 1.61. The number of unbranched alkanes of at least 4 members (excludes halogenated alkanes) is 5. The van der Waals surface area contributed by atoms with E-state index in [9.17, 15) is 4.79 Å². The topological polar surface area (TPSA) is 47.4 Å². The molecule has 2 aromatic heterocycles. The summed E-state index contributed by atoms with van der Waals surface area (Å²) in [6.07, 6.45) is 8.42. The lowest BCUT2D eigenvalue weighted by atomic mass is 10.0. The maximum absolute atomic E-state index is 14.1. The van der Waals surface area contributed by atoms with Gasteiger partial charge in [-0.05, 0) is 55.2 Å². The highest BCUT2D eigenvalue weighted by molar-refractivity contribution is 7.99. The summed E-state index contributed by atoms with van der Waals surface area (Å²) >= 11 is 3.42. The lowest BCUT2D eigenvalue weighted by Crippen LogP contribution is -2.30. The second-order valence-electron chi connectivity index (χ2n) is 10.2. The molecular weight excluding hydrogens is 523 g/mol. The fourth-order valence-corrected chi connectivity index (χ4v) is 7.60. The molecule has 0 spiro atoms. The van der Waals surface area contributed by atoms with Gasteiger partial charge in [-0.25, -0.2) is 4.98 Å². The molecule has 0 atom stereocenters. The van der Waals surface area contributed by atoms with Crippen LogP contribution in [-0.2, 0) is 19.5 Å². The summed E-state index contributed by atoms with van der Waals surface area (Å²) in [6.45, 7) is 7.60. The zero-order valence-electron chi connectivity index (χ0n) is 23.2. The maximum Gasteiger partial charge on any atom is 0.267 e. The molecule has 0 amide bonds. The van der Waals surface area contributed by atoms with Crippen LogP contribution >= 0.6 is 23.1 Å². The number of aromatic nitrogens is 2. The maximum atomic E-state index is 14.1. The van der Waals surface area contributed by atoms with Crippen molar-refractivity contribution in [3.8, 4) is 11.4 Å². The fraction of sp³-hybridized carbons (Fsp3) is 0.438. The Morgan fingerprint density at radius 1 is 0.974 bits per heavy atom. The molecule has 0 radical (unpaired) electrons. The van der Waals surface area contributed by atoms with Crippen LogP contribution in [0.25, 0.3) is 15.9 Å². The third-order valence-electron chi connectivity index (χ3n) is 7.31. The van der Waals surface area contributed by atoms with Gasteiger partial charge in [0.25, 0.3) is 5.56 Å². The van der Waals surface area contributed by atoms with Crippen LogP contribution in [0.1, 0.15) is 68.4 Å². The van der Waals surface area contributed by atoms with Gasteiger partial charge in [0.15, 0.2) is 5.16 Å². The van der Waals surface area contributed by atoms with Crippen LogP contribution in [0.5, 0.6) is 5.75 Å². The number of thioether (sulfide) groups is 1. The molecule has 5 nitrogen and oxygen atoms in total. The second kappa shape index (κ2) is 13.6. The van der Waals surface area contributed by atoms with Gasteiger partial charge in [0.05, 0.1) is 17.7 Å². The summed E-state index contributed by atoms with van der Waals surface area (Å²) in [5.74, 6) is 1.79. The average molecular weight is 562 g/mol. The summed E-state index contributed by atoms with van der Waals surface area (Å²) < 4.78 is 7.49. The predicted molar refractivity (Wildman–Crippen MR) is 165 cm³/mol. The van der Waals surface area contributed by atoms with Crippen molar-refractivity contribution >= 4 is 33.3 Å². The number of hydrogen-bond acceptors (Lipinski definition) is 6. The van der Waals surface area contributed by atoms with Gasteiger partial charge in [0, 0.05) is 30.3 Å². The summed E-state index contributed by atoms with van der Waals surface area (Å²) in [5.41, 5.74) is 3.43. The Morgan fingerprint density at radius 2 is 1.74 bits per heavy atom. The van der Waals surface area contributed by atoms with Crippen LogP contribution in [0.2, 0.25) is 0 Å². The van der Waals surface area contributed by atoms with Crippen LogP contribution < -0.4 is 10.3 Å². The first-order chi connectivity index (χ1) is 19.2. The number of ether oxygens (including phenoxy) is 1. The Morgan fingerprint density at radius 3 is 2.51 bits per heavy atom. The largest absolute Gasteiger partial charge is 0.494 e. The number of hydrogen-bond donors (Lipinski definition) is 0. The molecule has 39 heavy (non-hydrogen) atoms. The van der Waals surface area contributed by atoms with Crippen molar-refractivity contribution in [2.75, 3.05) is 18.9 Å². The molecule has 7 heteroatoms. The molecule has 0 saturated carbocycles. The fourth-order valence-electron chi connectivity index (χ4n) is 5.28. The molecule has 1 aliphatic rings. The van der Waals surface area contributed by atoms with Crippen LogP contribution in [0.4, 0.5) is 0 Å². The molecule has 0 fully saturated rings. The minimum absolute atomic E-state index is 0.0589. The highest BCUT2D eigenvalue weighted by Gasteiger charge is 2.26. The number of rotatable bonds is 13. The van der Waals surface area contributed by atoms with E-state index in [1.54, 1.807) is 23.1 Å². The van der Waals surface area contributed by atoms with E-state index < -0.39 is 0 Å². The molecule has 0 saturated heterocycles. The first-order valence-electron chi connectivity index (χ1n) is 14.4. The molecule has 2 aromatic carbocycles. The highest BCUT2D eigenvalue weighted by Crippen LogP contribution is 2.35. The lowest BCUT2D eigenvalue weighted by Gasteiger charge is -2.26. The number of fused-ring (bicyclic) bond motifs is 3. The van der Waals surface area contributed by atoms with Crippen LogP contribution in [0.3, 0.4) is 0 Å². The van der Waals surface area contributed by atoms with Gasteiger partial charge < -0.3 is 4.74 Å². The minimum Gasteiger partial charge on any atom is -0.494 e. The monoisotopic (exact) mass is 561 g/mol. The van der Waals surface area contributed by atoms with Gasteiger partial charge in [-0.3, -0.25) is 14.3 Å². The van der Waals surface area contributed by atoms with Crippen LogP contribution in [0.15, 0.2) is 64.5 Å². The third-order valence-corrected chi connectivity index (χ3v) is 9.44. The first kappa shape index (κ1) is 27.9. The van der Waals surface area contributed by atoms with E-state index in [0.717, 1.165) is 65.0 Å². The Labute approximate surface area is 240 Å². The molecule has 1 aliphatic heterocycles. The summed E-state index contributed by atoms with van der Waals surface area (Å²) in [6, 6.07) is 18.5. The van der Waals surface area contributed by atoms with E-state index in [-0.39, 0.29) is 5.56 Å². The lowest BCUT2D eigenvalue weighted by molar-refractivity contribution is 0.249. The number of nitrogens with zero attached hydrogens (tertiary/aromatic N) is 3. The van der Waals surface area contributed by atoms with Crippen LogP contribution in [-0.4, -0.2) is 33.4 Å². The Hall–Kier alpha value is -2.61. The normalized spacial score (nSPS) is 13.6. The Kier molecular flexibility index (Phi) is 9.77. The second-order valence-corrected chi connectivity index (χ2v) is 12.4. The van der Waals surface area contributed by atoms with E-state index in [2.05, 4.69) is 42.2 Å². The standard InChI is InChI=1S/C32H39N3O2S2/c1-3-5-6-7-8-12-21-38-32-33-30-29(31(36)35(32)25-15-17-26(18-16-25)37-4-2)27-19-20-34(23-28(27)39-30)22-24-13-10-9-11-14-24/h9-11,13-18H,3-8,12,19-23H2,1-2H3. The van der Waals surface area contributed by atoms with Gasteiger partial charge in [-0.15, -0.1) is 11.3 Å². The first-order valence-corrected chi connectivity index (χ1v) is 16.2. The quantitative estimate of drug-likeness (QED) is 0.0945. The zero-order chi connectivity index (χ0) is 27.0. The molecule has 0 aliphatic carbocycles. The van der Waals surface area contributed by atoms with Gasteiger partial charge in [-0.2, -0.15) is 0 Å². The van der Waals surface area contributed by atoms with Crippen molar-refractivity contribution in [3.05, 3.63) is 81.0 Å². The Balaban J connectivity index is 1.43. The molecule has 206 valence electrons. The van der Waals surface area contributed by atoms with Crippen molar-refractivity contribution in [1.29, 1.82) is 0 Å². The Bertz CT molecular complexity index is 1410. The van der Waals surface area contributed by atoms with Gasteiger partial charge in [-0.1, -0.05) is 81.1 Å². The van der Waals surface area contributed by atoms with Crippen molar-refractivity contribution in [1.82, 2.24) is 14.5 Å². The van der Waals surface area contributed by atoms with Gasteiger partial charge >= 0.3 is 0 Å². The minimum atomic E-state index is 0.0589. The molecular formula is C32H39N3O2S2. The van der Waals surface area contributed by atoms with Crippen molar-refractivity contribution in [2.45, 2.75) is 77.0 Å². The van der Waals surface area contributed by atoms with E-state index in [1.165, 1.54) is 48.1 Å². The highest BCUT2D eigenvalue weighted by atomic mass is 32.2. The summed E-state index contributed by atoms with van der Waals surface area (Å²) in [7, 11) is 0. The van der Waals surface area contributed by atoms with E-state index >= 15 is 0 Å². The third kappa shape index (κ3) is 6.76. The summed E-state index contributed by atoms with van der Waals surface area (Å²) in [4.78, 5) is 23.9. The van der Waals surface area contributed by atoms with Crippen LogP contribution in [0, 0.1) is 0 Å². The van der Waals surface area contributed by atoms with E-state index in [0.29, 0.717) is 6.61 Å². The van der Waals surface area contributed by atoms with Crippen molar-refractivity contribution < 1.29 is 4.74 Å². The molecule has 5 rings (SSSR count). The SMILES string of the molecule is CCCCCCCCSc1nc2sc3c(c2c(=O)n1-c1ccc(OCC)cc1)CCN(Cc1ccccc1)C3. The average Bonchev–Trinajstić information content (AvgIpc) is 3.32. The van der Waals surface area contributed by atoms with E-state index in [4.69, 9.17) is 9.72 Å². The number of benzene rings is 2. The molecule has 4 aromatic rings. The predicted octanol–water partition coefficient (Wildman–Crippen LogP) is 7.86. The molecule has 3 heterocycles.